The van der Waals surface area contributed by atoms with Crippen LogP contribution in [-0.2, 0) is 4.79 Å². The maximum atomic E-state index is 13.0. The first-order valence-corrected chi connectivity index (χ1v) is 9.11. The Balaban J connectivity index is 1.73. The molecule has 2 heterocycles. The number of likely N-dealkylation sites (tertiary alicyclic amines) is 1. The van der Waals surface area contributed by atoms with Gasteiger partial charge < -0.3 is 24.8 Å². The van der Waals surface area contributed by atoms with Gasteiger partial charge in [-0.15, -0.1) is 0 Å². The van der Waals surface area contributed by atoms with E-state index in [4.69, 9.17) is 9.47 Å². The first-order chi connectivity index (χ1) is 12.5. The molecule has 0 bridgehead atoms. The van der Waals surface area contributed by atoms with Crippen molar-refractivity contribution in [1.82, 2.24) is 10.2 Å². The molecule has 7 heteroatoms. The topological polar surface area (TPSA) is 88.1 Å². The second-order valence-corrected chi connectivity index (χ2v) is 7.23. The summed E-state index contributed by atoms with van der Waals surface area (Å²) in [6, 6.07) is 4.21. The van der Waals surface area contributed by atoms with Crippen LogP contribution in [0.25, 0.3) is 0 Å². The molecule has 0 aromatic heterocycles. The molecule has 2 amide bonds. The number of aliphatic hydroxyl groups excluding tert-OH is 1. The van der Waals surface area contributed by atoms with Gasteiger partial charge in [-0.1, -0.05) is 13.8 Å². The molecule has 142 valence electrons. The molecule has 2 aliphatic rings. The van der Waals surface area contributed by atoms with Crippen LogP contribution >= 0.6 is 0 Å². The number of fused-ring (bicyclic) bond motifs is 1. The van der Waals surface area contributed by atoms with Gasteiger partial charge in [0.15, 0.2) is 11.5 Å². The van der Waals surface area contributed by atoms with E-state index in [1.807, 2.05) is 13.8 Å². The maximum absolute atomic E-state index is 13.0. The first kappa shape index (κ1) is 18.5. The fourth-order valence-electron chi connectivity index (χ4n) is 3.49. The molecule has 0 spiro atoms. The SMILES string of the molecule is CC(C)CC(NC(=O)c1ccc2c(c1)OCO2)C(=O)N1CCC[C@@H]1CO. The monoisotopic (exact) mass is 362 g/mol. The van der Waals surface area contributed by atoms with E-state index in [-0.39, 0.29) is 37.2 Å². The molecule has 0 aliphatic carbocycles. The summed E-state index contributed by atoms with van der Waals surface area (Å²) >= 11 is 0. The molecule has 0 radical (unpaired) electrons. The van der Waals surface area contributed by atoms with Gasteiger partial charge >= 0.3 is 0 Å². The lowest BCUT2D eigenvalue weighted by molar-refractivity contribution is -0.135. The lowest BCUT2D eigenvalue weighted by atomic mass is 10.0. The summed E-state index contributed by atoms with van der Waals surface area (Å²) in [5, 5.41) is 12.4. The van der Waals surface area contributed by atoms with Gasteiger partial charge in [0, 0.05) is 12.1 Å². The second kappa shape index (κ2) is 7.95. The minimum atomic E-state index is -0.611. The number of benzene rings is 1. The third-order valence-corrected chi connectivity index (χ3v) is 4.82. The van der Waals surface area contributed by atoms with Crippen LogP contribution in [0.3, 0.4) is 0 Å². The third-order valence-electron chi connectivity index (χ3n) is 4.82. The molecule has 26 heavy (non-hydrogen) atoms. The number of nitrogens with zero attached hydrogens (tertiary/aromatic N) is 1. The zero-order valence-corrected chi connectivity index (χ0v) is 15.2. The van der Waals surface area contributed by atoms with Crippen LogP contribution in [0.4, 0.5) is 0 Å². The van der Waals surface area contributed by atoms with Gasteiger partial charge in [0.25, 0.3) is 5.91 Å². The van der Waals surface area contributed by atoms with Crippen LogP contribution in [0.1, 0.15) is 43.5 Å². The molecule has 1 fully saturated rings. The number of nitrogens with one attached hydrogen (secondary N) is 1. The summed E-state index contributed by atoms with van der Waals surface area (Å²) in [6.07, 6.45) is 2.22. The van der Waals surface area contributed by atoms with Gasteiger partial charge in [-0.3, -0.25) is 9.59 Å². The van der Waals surface area contributed by atoms with Crippen molar-refractivity contribution in [2.24, 2.45) is 5.92 Å². The predicted octanol–water partition coefficient (Wildman–Crippen LogP) is 1.54. The zero-order valence-electron chi connectivity index (χ0n) is 15.2. The Morgan fingerprint density at radius 1 is 1.31 bits per heavy atom. The summed E-state index contributed by atoms with van der Waals surface area (Å²) in [6.45, 7) is 4.75. The van der Waals surface area contributed by atoms with Gasteiger partial charge in [-0.2, -0.15) is 0 Å². The fourth-order valence-corrected chi connectivity index (χ4v) is 3.49. The summed E-state index contributed by atoms with van der Waals surface area (Å²) in [5.74, 6) is 0.950. The summed E-state index contributed by atoms with van der Waals surface area (Å²) in [4.78, 5) is 27.3. The van der Waals surface area contributed by atoms with E-state index in [9.17, 15) is 14.7 Å². The van der Waals surface area contributed by atoms with E-state index >= 15 is 0 Å². The Morgan fingerprint density at radius 3 is 2.81 bits per heavy atom. The molecule has 2 aliphatic heterocycles. The van der Waals surface area contributed by atoms with Crippen molar-refractivity contribution in [2.75, 3.05) is 19.9 Å². The molecule has 2 N–H and O–H groups in total. The van der Waals surface area contributed by atoms with Crippen LogP contribution in [-0.4, -0.2) is 53.8 Å². The number of hydrogen-bond acceptors (Lipinski definition) is 5. The van der Waals surface area contributed by atoms with Crippen molar-refractivity contribution in [1.29, 1.82) is 0 Å². The Kier molecular flexibility index (Phi) is 5.66. The van der Waals surface area contributed by atoms with Crippen molar-refractivity contribution in [3.8, 4) is 11.5 Å². The molecule has 2 atom stereocenters. The smallest absolute Gasteiger partial charge is 0.252 e. The van der Waals surface area contributed by atoms with Crippen LogP contribution in [0.15, 0.2) is 18.2 Å². The Hall–Kier alpha value is -2.28. The number of amides is 2. The van der Waals surface area contributed by atoms with Gasteiger partial charge in [-0.25, -0.2) is 0 Å². The molecule has 7 nitrogen and oxygen atoms in total. The summed E-state index contributed by atoms with van der Waals surface area (Å²) < 4.78 is 10.6. The molecule has 0 saturated carbocycles. The van der Waals surface area contributed by atoms with Crippen molar-refractivity contribution < 1.29 is 24.2 Å². The molecular weight excluding hydrogens is 336 g/mol. The lowest BCUT2D eigenvalue weighted by Gasteiger charge is -2.29. The second-order valence-electron chi connectivity index (χ2n) is 7.23. The molecule has 1 unspecified atom stereocenters. The quantitative estimate of drug-likeness (QED) is 0.801. The molecule has 3 rings (SSSR count). The third kappa shape index (κ3) is 3.93. The van der Waals surface area contributed by atoms with Crippen LogP contribution in [0.2, 0.25) is 0 Å². The predicted molar refractivity (Wildman–Crippen MR) is 95.1 cm³/mol. The summed E-state index contributed by atoms with van der Waals surface area (Å²) in [5.41, 5.74) is 0.427. The Labute approximate surface area is 153 Å². The van der Waals surface area contributed by atoms with E-state index in [2.05, 4.69) is 5.32 Å². The van der Waals surface area contributed by atoms with Gasteiger partial charge in [0.2, 0.25) is 12.7 Å². The summed E-state index contributed by atoms with van der Waals surface area (Å²) in [7, 11) is 0. The largest absolute Gasteiger partial charge is 0.454 e. The maximum Gasteiger partial charge on any atom is 0.252 e. The van der Waals surface area contributed by atoms with Crippen LogP contribution in [0, 0.1) is 5.92 Å². The van der Waals surface area contributed by atoms with Crippen LogP contribution in [0.5, 0.6) is 11.5 Å². The van der Waals surface area contributed by atoms with Gasteiger partial charge in [0.05, 0.1) is 12.6 Å². The van der Waals surface area contributed by atoms with Crippen LogP contribution < -0.4 is 14.8 Å². The fraction of sp³-hybridized carbons (Fsp3) is 0.579. The number of ether oxygens (including phenoxy) is 2. The minimum absolute atomic E-state index is 0.0454. The number of carbonyl (C=O) groups excluding carboxylic acids is 2. The van der Waals surface area contributed by atoms with Crippen molar-refractivity contribution >= 4 is 11.8 Å². The zero-order chi connectivity index (χ0) is 18.7. The number of carbonyl (C=O) groups is 2. The van der Waals surface area contributed by atoms with E-state index < -0.39 is 6.04 Å². The Morgan fingerprint density at radius 2 is 2.08 bits per heavy atom. The number of hydrogen-bond donors (Lipinski definition) is 2. The Bertz CT molecular complexity index is 676. The highest BCUT2D eigenvalue weighted by Crippen LogP contribution is 2.32. The first-order valence-electron chi connectivity index (χ1n) is 9.11. The van der Waals surface area contributed by atoms with E-state index in [0.29, 0.717) is 30.0 Å². The van der Waals surface area contributed by atoms with E-state index in [1.165, 1.54) is 0 Å². The highest BCUT2D eigenvalue weighted by atomic mass is 16.7. The lowest BCUT2D eigenvalue weighted by Crippen LogP contribution is -2.51. The molecular formula is C19H26N2O5. The van der Waals surface area contributed by atoms with Gasteiger partial charge in [0.1, 0.15) is 6.04 Å². The van der Waals surface area contributed by atoms with E-state index in [1.54, 1.807) is 23.1 Å². The average Bonchev–Trinajstić information content (AvgIpc) is 3.27. The number of aliphatic hydroxyl groups is 1. The van der Waals surface area contributed by atoms with Crippen molar-refractivity contribution in [2.45, 2.75) is 45.2 Å². The standard InChI is InChI=1S/C19H26N2O5/c1-12(2)8-15(19(24)21-7-3-4-14(21)10-22)20-18(23)13-5-6-16-17(9-13)26-11-25-16/h5-6,9,12,14-15,22H,3-4,7-8,10-11H2,1-2H3,(H,20,23)/t14-,15?/m1/s1. The van der Waals surface area contributed by atoms with Crippen molar-refractivity contribution in [3.63, 3.8) is 0 Å². The number of rotatable bonds is 6. The van der Waals surface area contributed by atoms with Gasteiger partial charge in [-0.05, 0) is 43.4 Å². The molecule has 1 saturated heterocycles. The highest BCUT2D eigenvalue weighted by Gasteiger charge is 2.34. The average molecular weight is 362 g/mol. The normalized spacial score (nSPS) is 19.7. The molecule has 1 aromatic carbocycles. The minimum Gasteiger partial charge on any atom is -0.454 e. The molecule has 1 aromatic rings. The van der Waals surface area contributed by atoms with E-state index in [0.717, 1.165) is 12.8 Å². The van der Waals surface area contributed by atoms with Crippen molar-refractivity contribution in [3.05, 3.63) is 23.8 Å². The highest BCUT2D eigenvalue weighted by molar-refractivity contribution is 5.98.